The fraction of sp³-hybridized carbons (Fsp3) is 0.808. The van der Waals surface area contributed by atoms with Gasteiger partial charge in [0.05, 0.1) is 6.10 Å². The molecule has 2 N–H and O–H groups in total. The van der Waals surface area contributed by atoms with Gasteiger partial charge in [0.2, 0.25) is 5.78 Å². The summed E-state index contributed by atoms with van der Waals surface area (Å²) >= 11 is 0. The Morgan fingerprint density at radius 3 is 2.62 bits per heavy atom. The molecule has 8 atom stereocenters. The van der Waals surface area contributed by atoms with Gasteiger partial charge in [-0.25, -0.2) is 0 Å². The van der Waals surface area contributed by atoms with Crippen molar-refractivity contribution in [1.29, 1.82) is 0 Å². The SMILES string of the molecule is CCCC(=O)O[C@]1(C(=O)CO)CC[C@H]2[C@@H]3C[C@H](C)C4=CC(=O)CC[C@]4(C)[C@H]3[C@@H](O)C[C@@]21C. The number of hydrogen-bond donors (Lipinski definition) is 2. The third-order valence-corrected chi connectivity index (χ3v) is 9.67. The molecule has 6 nitrogen and oxygen atoms in total. The van der Waals surface area contributed by atoms with Crippen molar-refractivity contribution in [2.75, 3.05) is 6.61 Å². The van der Waals surface area contributed by atoms with Gasteiger partial charge in [0.15, 0.2) is 11.4 Å². The van der Waals surface area contributed by atoms with E-state index in [0.29, 0.717) is 25.7 Å². The van der Waals surface area contributed by atoms with Crippen LogP contribution in [0.25, 0.3) is 0 Å². The molecule has 3 fully saturated rings. The first-order chi connectivity index (χ1) is 15.0. The van der Waals surface area contributed by atoms with Crippen LogP contribution in [0.5, 0.6) is 0 Å². The first-order valence-electron chi connectivity index (χ1n) is 12.3. The normalized spacial score (nSPS) is 45.4. The fourth-order valence-electron chi connectivity index (χ4n) is 8.37. The van der Waals surface area contributed by atoms with Crippen molar-refractivity contribution in [3.8, 4) is 0 Å². The van der Waals surface area contributed by atoms with E-state index in [1.54, 1.807) is 0 Å². The lowest BCUT2D eigenvalue weighted by Crippen LogP contribution is -2.63. The van der Waals surface area contributed by atoms with Gasteiger partial charge >= 0.3 is 5.97 Å². The van der Waals surface area contributed by atoms with Crippen LogP contribution in [-0.2, 0) is 19.1 Å². The van der Waals surface area contributed by atoms with Crippen LogP contribution >= 0.6 is 0 Å². The highest BCUT2D eigenvalue weighted by Crippen LogP contribution is 2.69. The molecule has 4 aliphatic rings. The van der Waals surface area contributed by atoms with E-state index in [-0.39, 0.29) is 41.3 Å². The summed E-state index contributed by atoms with van der Waals surface area (Å²) in [4.78, 5) is 37.9. The standard InChI is InChI=1S/C26H38O6/c1-5-6-22(31)32-26(21(30)14-27)10-8-18-17-11-15(2)19-12-16(28)7-9-24(19,3)23(17)20(29)13-25(18,26)4/h12,15,17-18,20,23,27,29H,5-11,13-14H2,1-4H3/t15-,17-,18-,20-,23+,24-,25-,26-/m0/s1. The maximum absolute atomic E-state index is 13.1. The Labute approximate surface area is 190 Å². The lowest BCUT2D eigenvalue weighted by Gasteiger charge is -2.62. The molecule has 4 aliphatic carbocycles. The van der Waals surface area contributed by atoms with Gasteiger partial charge < -0.3 is 14.9 Å². The Bertz CT molecular complexity index is 847. The van der Waals surface area contributed by atoms with Gasteiger partial charge in [-0.1, -0.05) is 33.3 Å². The van der Waals surface area contributed by atoms with Crippen LogP contribution in [0.3, 0.4) is 0 Å². The minimum absolute atomic E-state index is 0.0162. The second kappa shape index (κ2) is 8.05. The third kappa shape index (κ3) is 3.16. The number of esters is 1. The molecule has 0 bridgehead atoms. The summed E-state index contributed by atoms with van der Waals surface area (Å²) < 4.78 is 5.95. The maximum Gasteiger partial charge on any atom is 0.306 e. The average molecular weight is 447 g/mol. The van der Waals surface area contributed by atoms with Crippen molar-refractivity contribution in [3.63, 3.8) is 0 Å². The molecule has 3 saturated carbocycles. The van der Waals surface area contributed by atoms with E-state index in [1.165, 1.54) is 5.57 Å². The molecular formula is C26H38O6. The molecule has 32 heavy (non-hydrogen) atoms. The fourth-order valence-corrected chi connectivity index (χ4v) is 8.37. The molecule has 178 valence electrons. The van der Waals surface area contributed by atoms with Crippen molar-refractivity contribution in [2.24, 2.45) is 34.5 Å². The quantitative estimate of drug-likeness (QED) is 0.628. The van der Waals surface area contributed by atoms with Crippen LogP contribution in [-0.4, -0.2) is 46.1 Å². The molecule has 0 spiro atoms. The minimum Gasteiger partial charge on any atom is -0.450 e. The second-order valence-electron chi connectivity index (χ2n) is 11.3. The van der Waals surface area contributed by atoms with E-state index in [0.717, 1.165) is 19.3 Å². The highest BCUT2D eigenvalue weighted by atomic mass is 16.6. The van der Waals surface area contributed by atoms with Crippen molar-refractivity contribution in [3.05, 3.63) is 11.6 Å². The predicted octanol–water partition coefficient (Wildman–Crippen LogP) is 3.38. The zero-order valence-electron chi connectivity index (χ0n) is 19.9. The van der Waals surface area contributed by atoms with Crippen molar-refractivity contribution in [1.82, 2.24) is 0 Å². The number of carbonyl (C=O) groups is 3. The first-order valence-corrected chi connectivity index (χ1v) is 12.3. The van der Waals surface area contributed by atoms with Crippen LogP contribution in [0.4, 0.5) is 0 Å². The number of rotatable bonds is 5. The summed E-state index contributed by atoms with van der Waals surface area (Å²) in [6.45, 7) is 7.57. The molecule has 0 aromatic rings. The molecule has 0 unspecified atom stereocenters. The van der Waals surface area contributed by atoms with Crippen molar-refractivity contribution < 1.29 is 29.3 Å². The summed E-state index contributed by atoms with van der Waals surface area (Å²) in [7, 11) is 0. The van der Waals surface area contributed by atoms with Gasteiger partial charge in [0.25, 0.3) is 0 Å². The zero-order chi connectivity index (χ0) is 23.5. The molecular weight excluding hydrogens is 408 g/mol. The van der Waals surface area contributed by atoms with E-state index >= 15 is 0 Å². The van der Waals surface area contributed by atoms with Gasteiger partial charge in [-0.2, -0.15) is 0 Å². The average Bonchev–Trinajstić information content (AvgIpc) is 3.01. The van der Waals surface area contributed by atoms with Gasteiger partial charge in [0, 0.05) is 18.3 Å². The highest BCUT2D eigenvalue weighted by molar-refractivity contribution is 5.92. The number of ether oxygens (including phenoxy) is 1. The summed E-state index contributed by atoms with van der Waals surface area (Å²) in [5.74, 6) is -0.154. The Hall–Kier alpha value is -1.53. The van der Waals surface area contributed by atoms with Crippen LogP contribution in [0.15, 0.2) is 11.6 Å². The monoisotopic (exact) mass is 446 g/mol. The van der Waals surface area contributed by atoms with E-state index < -0.39 is 35.5 Å². The zero-order valence-corrected chi connectivity index (χ0v) is 19.9. The highest BCUT2D eigenvalue weighted by Gasteiger charge is 2.70. The topological polar surface area (TPSA) is 101 Å². The third-order valence-electron chi connectivity index (χ3n) is 9.67. The van der Waals surface area contributed by atoms with E-state index in [2.05, 4.69) is 13.8 Å². The van der Waals surface area contributed by atoms with Crippen LogP contribution in [0.1, 0.15) is 79.1 Å². The summed E-state index contributed by atoms with van der Waals surface area (Å²) in [5.41, 5.74) is -1.17. The molecule has 0 radical (unpaired) electrons. The van der Waals surface area contributed by atoms with Crippen LogP contribution < -0.4 is 0 Å². The number of Topliss-reactive ketones (excluding diaryl/α,β-unsaturated/α-hetero) is 1. The molecule has 4 rings (SSSR count). The Morgan fingerprint density at radius 2 is 1.97 bits per heavy atom. The Kier molecular flexibility index (Phi) is 5.94. The van der Waals surface area contributed by atoms with E-state index in [1.807, 2.05) is 19.9 Å². The molecule has 0 aromatic heterocycles. The number of aliphatic hydroxyl groups excluding tert-OH is 2. The number of aliphatic hydroxyl groups is 2. The van der Waals surface area contributed by atoms with Gasteiger partial charge in [-0.15, -0.1) is 0 Å². The molecule has 6 heteroatoms. The van der Waals surface area contributed by atoms with Gasteiger partial charge in [-0.3, -0.25) is 14.4 Å². The number of fused-ring (bicyclic) bond motifs is 5. The minimum atomic E-state index is -1.38. The Balaban J connectivity index is 1.76. The molecule has 0 amide bonds. The van der Waals surface area contributed by atoms with Gasteiger partial charge in [-0.05, 0) is 73.7 Å². The molecule has 0 saturated heterocycles. The van der Waals surface area contributed by atoms with Crippen molar-refractivity contribution in [2.45, 2.75) is 90.8 Å². The number of ketones is 2. The predicted molar refractivity (Wildman–Crippen MR) is 118 cm³/mol. The number of carbonyl (C=O) groups excluding carboxylic acids is 3. The van der Waals surface area contributed by atoms with Crippen LogP contribution in [0.2, 0.25) is 0 Å². The lowest BCUT2D eigenvalue weighted by atomic mass is 9.44. The maximum atomic E-state index is 13.1. The summed E-state index contributed by atoms with van der Waals surface area (Å²) in [6.07, 6.45) is 5.60. The molecule has 0 aromatic carbocycles. The summed E-state index contributed by atoms with van der Waals surface area (Å²) in [6, 6.07) is 0. The van der Waals surface area contributed by atoms with Gasteiger partial charge in [0.1, 0.15) is 6.61 Å². The Morgan fingerprint density at radius 1 is 1.25 bits per heavy atom. The number of allylic oxidation sites excluding steroid dienone is 1. The second-order valence-corrected chi connectivity index (χ2v) is 11.3. The van der Waals surface area contributed by atoms with Crippen LogP contribution in [0, 0.1) is 34.5 Å². The number of hydrogen-bond acceptors (Lipinski definition) is 6. The first kappa shape index (κ1) is 23.6. The summed E-state index contributed by atoms with van der Waals surface area (Å²) in [5, 5.41) is 21.4. The van der Waals surface area contributed by atoms with E-state index in [9.17, 15) is 24.6 Å². The molecule has 0 heterocycles. The van der Waals surface area contributed by atoms with E-state index in [4.69, 9.17) is 4.74 Å². The lowest BCUT2D eigenvalue weighted by molar-refractivity contribution is -0.203. The van der Waals surface area contributed by atoms with Crippen molar-refractivity contribution >= 4 is 17.5 Å². The smallest absolute Gasteiger partial charge is 0.306 e. The molecule has 0 aliphatic heterocycles. The largest absolute Gasteiger partial charge is 0.450 e.